The first-order valence-corrected chi connectivity index (χ1v) is 7.69. The number of anilines is 1. The molecule has 0 aliphatic heterocycles. The predicted octanol–water partition coefficient (Wildman–Crippen LogP) is 3.07. The maximum absolute atomic E-state index is 11.9. The van der Waals surface area contributed by atoms with Gasteiger partial charge in [-0.15, -0.1) is 0 Å². The number of carbonyl (C=O) groups excluding carboxylic acids is 2. The summed E-state index contributed by atoms with van der Waals surface area (Å²) in [5.74, 6) is 0.787. The molecule has 1 aromatic heterocycles. The van der Waals surface area contributed by atoms with Gasteiger partial charge in [-0.1, -0.05) is 6.07 Å². The zero-order valence-corrected chi connectivity index (χ0v) is 14.1. The number of amides is 2. The standard InChI is InChI=1S/C18H21N3O3/c1-12-4-6-15(10-13(12)2)20-17(22)8-9-18(23)21-19-11-16-7-5-14(3)24-16/h4-7,10-11H,8-9H2,1-3H3,(H,20,22)(H,21,23). The zero-order valence-electron chi connectivity index (χ0n) is 14.1. The lowest BCUT2D eigenvalue weighted by atomic mass is 10.1. The minimum Gasteiger partial charge on any atom is -0.460 e. The summed E-state index contributed by atoms with van der Waals surface area (Å²) < 4.78 is 5.28. The summed E-state index contributed by atoms with van der Waals surface area (Å²) in [6.45, 7) is 5.82. The van der Waals surface area contributed by atoms with Crippen LogP contribution in [0.3, 0.4) is 0 Å². The second kappa shape index (κ2) is 8.10. The molecule has 0 atom stereocenters. The van der Waals surface area contributed by atoms with Crippen LogP contribution in [0.2, 0.25) is 0 Å². The van der Waals surface area contributed by atoms with Crippen LogP contribution in [0, 0.1) is 20.8 Å². The molecular formula is C18H21N3O3. The molecule has 0 radical (unpaired) electrons. The Labute approximate surface area is 140 Å². The first-order chi connectivity index (χ1) is 11.4. The Morgan fingerprint density at radius 1 is 1.04 bits per heavy atom. The van der Waals surface area contributed by atoms with Crippen LogP contribution in [-0.4, -0.2) is 18.0 Å². The van der Waals surface area contributed by atoms with Gasteiger partial charge in [-0.2, -0.15) is 5.10 Å². The number of hydrogen-bond acceptors (Lipinski definition) is 4. The van der Waals surface area contributed by atoms with Crippen molar-refractivity contribution in [3.8, 4) is 0 Å². The monoisotopic (exact) mass is 327 g/mol. The highest BCUT2D eigenvalue weighted by molar-refractivity contribution is 5.93. The van der Waals surface area contributed by atoms with Gasteiger partial charge in [0.2, 0.25) is 11.8 Å². The fourth-order valence-corrected chi connectivity index (χ4v) is 2.02. The molecule has 1 heterocycles. The van der Waals surface area contributed by atoms with E-state index in [1.165, 1.54) is 6.21 Å². The highest BCUT2D eigenvalue weighted by atomic mass is 16.3. The van der Waals surface area contributed by atoms with Crippen molar-refractivity contribution in [2.75, 3.05) is 5.32 Å². The van der Waals surface area contributed by atoms with E-state index >= 15 is 0 Å². The van der Waals surface area contributed by atoms with Crippen LogP contribution in [0.15, 0.2) is 39.9 Å². The van der Waals surface area contributed by atoms with Crippen molar-refractivity contribution in [1.29, 1.82) is 0 Å². The Bertz CT molecular complexity index is 763. The summed E-state index contributed by atoms with van der Waals surface area (Å²) in [4.78, 5) is 23.5. The quantitative estimate of drug-likeness (QED) is 0.632. The van der Waals surface area contributed by atoms with Gasteiger partial charge in [0, 0.05) is 18.5 Å². The van der Waals surface area contributed by atoms with E-state index < -0.39 is 0 Å². The van der Waals surface area contributed by atoms with Gasteiger partial charge < -0.3 is 9.73 Å². The lowest BCUT2D eigenvalue weighted by Gasteiger charge is -2.07. The Morgan fingerprint density at radius 3 is 2.46 bits per heavy atom. The Hall–Kier alpha value is -2.89. The summed E-state index contributed by atoms with van der Waals surface area (Å²) in [5, 5.41) is 6.57. The third-order valence-electron chi connectivity index (χ3n) is 3.51. The molecule has 0 spiro atoms. The first-order valence-electron chi connectivity index (χ1n) is 7.69. The first kappa shape index (κ1) is 17.5. The molecule has 0 aliphatic rings. The molecule has 6 heteroatoms. The smallest absolute Gasteiger partial charge is 0.240 e. The fourth-order valence-electron chi connectivity index (χ4n) is 2.02. The third kappa shape index (κ3) is 5.39. The molecule has 0 fully saturated rings. The number of nitrogens with zero attached hydrogens (tertiary/aromatic N) is 1. The zero-order chi connectivity index (χ0) is 17.5. The van der Waals surface area contributed by atoms with Crippen molar-refractivity contribution in [3.63, 3.8) is 0 Å². The molecule has 6 nitrogen and oxygen atoms in total. The molecule has 2 N–H and O–H groups in total. The van der Waals surface area contributed by atoms with Gasteiger partial charge in [0.15, 0.2) is 0 Å². The third-order valence-corrected chi connectivity index (χ3v) is 3.51. The second-order valence-corrected chi connectivity index (χ2v) is 5.59. The maximum atomic E-state index is 11.9. The van der Waals surface area contributed by atoms with Gasteiger partial charge in [0.05, 0.1) is 6.21 Å². The van der Waals surface area contributed by atoms with E-state index in [2.05, 4.69) is 15.8 Å². The van der Waals surface area contributed by atoms with E-state index in [1.54, 1.807) is 12.1 Å². The van der Waals surface area contributed by atoms with Crippen LogP contribution in [0.5, 0.6) is 0 Å². The van der Waals surface area contributed by atoms with E-state index in [1.807, 2.05) is 39.0 Å². The van der Waals surface area contributed by atoms with E-state index in [0.717, 1.165) is 22.6 Å². The van der Waals surface area contributed by atoms with E-state index in [-0.39, 0.29) is 24.7 Å². The second-order valence-electron chi connectivity index (χ2n) is 5.59. The lowest BCUT2D eigenvalue weighted by Crippen LogP contribution is -2.20. The molecule has 0 saturated heterocycles. The Morgan fingerprint density at radius 2 is 1.79 bits per heavy atom. The number of nitrogens with one attached hydrogen (secondary N) is 2. The van der Waals surface area contributed by atoms with Crippen molar-refractivity contribution in [2.45, 2.75) is 33.6 Å². The van der Waals surface area contributed by atoms with Gasteiger partial charge >= 0.3 is 0 Å². The van der Waals surface area contributed by atoms with E-state index in [4.69, 9.17) is 4.42 Å². The minimum atomic E-state index is -0.329. The summed E-state index contributed by atoms with van der Waals surface area (Å²) in [6, 6.07) is 9.25. The van der Waals surface area contributed by atoms with Crippen LogP contribution in [0.4, 0.5) is 5.69 Å². The van der Waals surface area contributed by atoms with Gasteiger partial charge in [0.25, 0.3) is 0 Å². The topological polar surface area (TPSA) is 83.7 Å². The van der Waals surface area contributed by atoms with Crippen LogP contribution in [0.1, 0.15) is 35.5 Å². The highest BCUT2D eigenvalue weighted by Gasteiger charge is 2.07. The number of hydrogen-bond donors (Lipinski definition) is 2. The predicted molar refractivity (Wildman–Crippen MR) is 93.0 cm³/mol. The molecule has 0 unspecified atom stereocenters. The number of benzene rings is 1. The van der Waals surface area contributed by atoms with Crippen molar-refractivity contribution >= 4 is 23.7 Å². The van der Waals surface area contributed by atoms with Gasteiger partial charge in [0.1, 0.15) is 11.5 Å². The highest BCUT2D eigenvalue weighted by Crippen LogP contribution is 2.14. The van der Waals surface area contributed by atoms with Gasteiger partial charge in [-0.25, -0.2) is 5.43 Å². The Balaban J connectivity index is 1.73. The van der Waals surface area contributed by atoms with Crippen molar-refractivity contribution < 1.29 is 14.0 Å². The van der Waals surface area contributed by atoms with E-state index in [9.17, 15) is 9.59 Å². The molecule has 0 bridgehead atoms. The number of carbonyl (C=O) groups is 2. The molecule has 1 aromatic carbocycles. The van der Waals surface area contributed by atoms with Crippen LogP contribution in [0.25, 0.3) is 0 Å². The molecule has 126 valence electrons. The van der Waals surface area contributed by atoms with E-state index in [0.29, 0.717) is 5.76 Å². The maximum Gasteiger partial charge on any atom is 0.240 e. The molecule has 2 aromatic rings. The van der Waals surface area contributed by atoms with Crippen molar-refractivity contribution in [2.24, 2.45) is 5.10 Å². The van der Waals surface area contributed by atoms with Crippen molar-refractivity contribution in [3.05, 3.63) is 53.0 Å². The molecule has 0 aliphatic carbocycles. The average Bonchev–Trinajstić information content (AvgIpc) is 2.94. The molecule has 24 heavy (non-hydrogen) atoms. The average molecular weight is 327 g/mol. The largest absolute Gasteiger partial charge is 0.460 e. The summed E-state index contributed by atoms with van der Waals surface area (Å²) >= 11 is 0. The fraction of sp³-hybridized carbons (Fsp3) is 0.278. The van der Waals surface area contributed by atoms with Crippen LogP contribution in [-0.2, 0) is 9.59 Å². The summed E-state index contributed by atoms with van der Waals surface area (Å²) in [7, 11) is 0. The molecule has 2 amide bonds. The molecule has 2 rings (SSSR count). The minimum absolute atomic E-state index is 0.0607. The molecular weight excluding hydrogens is 306 g/mol. The Kier molecular flexibility index (Phi) is 5.89. The van der Waals surface area contributed by atoms with Crippen molar-refractivity contribution in [1.82, 2.24) is 5.43 Å². The number of aryl methyl sites for hydroxylation is 3. The van der Waals surface area contributed by atoms with Crippen LogP contribution >= 0.6 is 0 Å². The summed E-state index contributed by atoms with van der Waals surface area (Å²) in [5.41, 5.74) is 5.37. The van der Waals surface area contributed by atoms with Crippen LogP contribution < -0.4 is 10.7 Å². The van der Waals surface area contributed by atoms with Gasteiger partial charge in [-0.3, -0.25) is 9.59 Å². The SMILES string of the molecule is Cc1ccc(C=NNC(=O)CCC(=O)Nc2ccc(C)c(C)c2)o1. The number of rotatable bonds is 6. The normalized spacial score (nSPS) is 10.8. The lowest BCUT2D eigenvalue weighted by molar-refractivity contribution is -0.124. The van der Waals surface area contributed by atoms with Gasteiger partial charge in [-0.05, 0) is 56.2 Å². The number of furan rings is 1. The summed E-state index contributed by atoms with van der Waals surface area (Å²) in [6.07, 6.45) is 1.57. The molecule has 0 saturated carbocycles. The number of hydrazone groups is 1.